The third kappa shape index (κ3) is 3.26. The molecule has 88 valence electrons. The highest BCUT2D eigenvalue weighted by molar-refractivity contribution is 7.98. The van der Waals surface area contributed by atoms with Gasteiger partial charge in [0, 0.05) is 17.5 Å². The lowest BCUT2D eigenvalue weighted by molar-refractivity contribution is 0.502. The summed E-state index contributed by atoms with van der Waals surface area (Å²) in [6.07, 6.45) is 6.21. The molecule has 0 saturated heterocycles. The number of rotatable bonds is 4. The van der Waals surface area contributed by atoms with E-state index < -0.39 is 0 Å². The number of thioether (sulfide) groups is 1. The molecule has 2 rings (SSSR count). The Hall–Kier alpha value is -0.470. The van der Waals surface area contributed by atoms with Gasteiger partial charge in [0.25, 0.3) is 0 Å². The molecule has 1 saturated carbocycles. The highest BCUT2D eigenvalue weighted by Gasteiger charge is 2.20. The summed E-state index contributed by atoms with van der Waals surface area (Å²) < 4.78 is 0. The number of benzene rings is 1. The van der Waals surface area contributed by atoms with Gasteiger partial charge in [-0.2, -0.15) is 0 Å². The molecule has 16 heavy (non-hydrogen) atoms. The quantitative estimate of drug-likeness (QED) is 0.799. The van der Waals surface area contributed by atoms with Crippen molar-refractivity contribution in [2.24, 2.45) is 5.92 Å². The standard InChI is InChI=1S/C14H21NS/c1-11-3-6-13(9-11)15-10-12-4-7-14(16-2)8-5-12/h4-5,7-8,11,13,15H,3,6,9-10H2,1-2H3. The van der Waals surface area contributed by atoms with Crippen molar-refractivity contribution < 1.29 is 0 Å². The Morgan fingerprint density at radius 1 is 1.25 bits per heavy atom. The molecule has 1 aliphatic carbocycles. The Bertz CT molecular complexity index is 320. The van der Waals surface area contributed by atoms with Crippen molar-refractivity contribution in [3.05, 3.63) is 29.8 Å². The number of hydrogen-bond acceptors (Lipinski definition) is 2. The van der Waals surface area contributed by atoms with Crippen molar-refractivity contribution in [2.75, 3.05) is 6.26 Å². The topological polar surface area (TPSA) is 12.0 Å². The molecule has 0 aromatic heterocycles. The SMILES string of the molecule is CSc1ccc(CNC2CCC(C)C2)cc1. The van der Waals surface area contributed by atoms with Crippen LogP contribution in [-0.4, -0.2) is 12.3 Å². The molecule has 2 heteroatoms. The first-order chi connectivity index (χ1) is 7.78. The fourth-order valence-electron chi connectivity index (χ4n) is 2.40. The smallest absolute Gasteiger partial charge is 0.0208 e. The van der Waals surface area contributed by atoms with Crippen LogP contribution in [-0.2, 0) is 6.54 Å². The first kappa shape index (κ1) is 12.0. The van der Waals surface area contributed by atoms with Crippen LogP contribution in [0.25, 0.3) is 0 Å². The van der Waals surface area contributed by atoms with E-state index in [0.29, 0.717) is 0 Å². The molecule has 0 bridgehead atoms. The maximum atomic E-state index is 3.66. The highest BCUT2D eigenvalue weighted by Crippen LogP contribution is 2.24. The van der Waals surface area contributed by atoms with Gasteiger partial charge in [0.1, 0.15) is 0 Å². The van der Waals surface area contributed by atoms with E-state index in [9.17, 15) is 0 Å². The van der Waals surface area contributed by atoms with Crippen molar-refractivity contribution in [2.45, 2.75) is 43.7 Å². The summed E-state index contributed by atoms with van der Waals surface area (Å²) in [5.74, 6) is 0.913. The lowest BCUT2D eigenvalue weighted by Gasteiger charge is -2.12. The summed E-state index contributed by atoms with van der Waals surface area (Å²) in [7, 11) is 0. The van der Waals surface area contributed by atoms with Crippen LogP contribution in [0.2, 0.25) is 0 Å². The normalized spacial score (nSPS) is 24.9. The third-order valence-electron chi connectivity index (χ3n) is 3.45. The number of nitrogens with one attached hydrogen (secondary N) is 1. The van der Waals surface area contributed by atoms with Crippen LogP contribution in [0.5, 0.6) is 0 Å². The Morgan fingerprint density at radius 3 is 2.56 bits per heavy atom. The number of hydrogen-bond donors (Lipinski definition) is 1. The van der Waals surface area contributed by atoms with Gasteiger partial charge in [-0.15, -0.1) is 11.8 Å². The summed E-state index contributed by atoms with van der Waals surface area (Å²) in [6.45, 7) is 3.38. The van der Waals surface area contributed by atoms with Gasteiger partial charge in [0.15, 0.2) is 0 Å². The Balaban J connectivity index is 1.80. The lowest BCUT2D eigenvalue weighted by atomic mass is 10.1. The van der Waals surface area contributed by atoms with Gasteiger partial charge in [0.2, 0.25) is 0 Å². The molecule has 0 radical (unpaired) electrons. The van der Waals surface area contributed by atoms with Gasteiger partial charge in [-0.25, -0.2) is 0 Å². The van der Waals surface area contributed by atoms with Crippen LogP contribution in [0.15, 0.2) is 29.2 Å². The zero-order chi connectivity index (χ0) is 11.4. The first-order valence-corrected chi connectivity index (χ1v) is 7.36. The first-order valence-electron chi connectivity index (χ1n) is 6.14. The molecule has 1 aliphatic rings. The summed E-state index contributed by atoms with van der Waals surface area (Å²) in [6, 6.07) is 9.63. The summed E-state index contributed by atoms with van der Waals surface area (Å²) in [4.78, 5) is 1.35. The zero-order valence-corrected chi connectivity index (χ0v) is 11.0. The van der Waals surface area contributed by atoms with Crippen molar-refractivity contribution in [3.63, 3.8) is 0 Å². The molecule has 2 atom stereocenters. The molecule has 1 nitrogen and oxygen atoms in total. The predicted molar refractivity (Wildman–Crippen MR) is 71.9 cm³/mol. The van der Waals surface area contributed by atoms with Crippen LogP contribution in [0.4, 0.5) is 0 Å². The van der Waals surface area contributed by atoms with E-state index in [-0.39, 0.29) is 0 Å². The Kier molecular flexibility index (Phi) is 4.30. The Morgan fingerprint density at radius 2 is 2.00 bits per heavy atom. The average Bonchev–Trinajstić information content (AvgIpc) is 2.73. The van der Waals surface area contributed by atoms with Gasteiger partial charge in [-0.1, -0.05) is 19.1 Å². The van der Waals surface area contributed by atoms with Gasteiger partial charge >= 0.3 is 0 Å². The second-order valence-corrected chi connectivity index (χ2v) is 5.72. The fraction of sp³-hybridized carbons (Fsp3) is 0.571. The van der Waals surface area contributed by atoms with Crippen LogP contribution < -0.4 is 5.32 Å². The second kappa shape index (κ2) is 5.74. The molecule has 0 amide bonds. The van der Waals surface area contributed by atoms with Crippen molar-refractivity contribution in [1.29, 1.82) is 0 Å². The van der Waals surface area contributed by atoms with Crippen LogP contribution in [0.3, 0.4) is 0 Å². The minimum Gasteiger partial charge on any atom is -0.310 e. The zero-order valence-electron chi connectivity index (χ0n) is 10.2. The van der Waals surface area contributed by atoms with Crippen LogP contribution in [0, 0.1) is 5.92 Å². The van der Waals surface area contributed by atoms with Crippen LogP contribution >= 0.6 is 11.8 Å². The maximum absolute atomic E-state index is 3.66. The van der Waals surface area contributed by atoms with Gasteiger partial charge in [0.05, 0.1) is 0 Å². The van der Waals surface area contributed by atoms with E-state index in [1.807, 2.05) is 0 Å². The molecular weight excluding hydrogens is 214 g/mol. The summed E-state index contributed by atoms with van der Waals surface area (Å²) in [5.41, 5.74) is 1.40. The molecule has 0 heterocycles. The molecule has 1 N–H and O–H groups in total. The summed E-state index contributed by atoms with van der Waals surface area (Å²) >= 11 is 1.80. The highest BCUT2D eigenvalue weighted by atomic mass is 32.2. The van der Waals surface area contributed by atoms with Gasteiger partial charge < -0.3 is 5.32 Å². The van der Waals surface area contributed by atoms with E-state index in [1.54, 1.807) is 11.8 Å². The van der Waals surface area contributed by atoms with Crippen molar-refractivity contribution in [3.8, 4) is 0 Å². The monoisotopic (exact) mass is 235 g/mol. The Labute approximate surface area is 103 Å². The predicted octanol–water partition coefficient (Wildman–Crippen LogP) is 3.69. The third-order valence-corrected chi connectivity index (χ3v) is 4.19. The van der Waals surface area contributed by atoms with Gasteiger partial charge in [-0.05, 0) is 49.1 Å². The summed E-state index contributed by atoms with van der Waals surface area (Å²) in [5, 5.41) is 3.66. The van der Waals surface area contributed by atoms with E-state index in [0.717, 1.165) is 18.5 Å². The largest absolute Gasteiger partial charge is 0.310 e. The van der Waals surface area contributed by atoms with E-state index in [2.05, 4.69) is 42.8 Å². The minimum absolute atomic E-state index is 0.746. The van der Waals surface area contributed by atoms with Crippen molar-refractivity contribution >= 4 is 11.8 Å². The molecule has 1 aromatic rings. The lowest BCUT2D eigenvalue weighted by Crippen LogP contribution is -2.25. The molecular formula is C14H21NS. The van der Waals surface area contributed by atoms with E-state index in [4.69, 9.17) is 0 Å². The van der Waals surface area contributed by atoms with E-state index >= 15 is 0 Å². The van der Waals surface area contributed by atoms with E-state index in [1.165, 1.54) is 29.7 Å². The van der Waals surface area contributed by atoms with Crippen LogP contribution in [0.1, 0.15) is 31.7 Å². The maximum Gasteiger partial charge on any atom is 0.0208 e. The van der Waals surface area contributed by atoms with Crippen molar-refractivity contribution in [1.82, 2.24) is 5.32 Å². The molecule has 1 aromatic carbocycles. The van der Waals surface area contributed by atoms with Gasteiger partial charge in [-0.3, -0.25) is 0 Å². The fourth-order valence-corrected chi connectivity index (χ4v) is 2.81. The minimum atomic E-state index is 0.746. The molecule has 1 fully saturated rings. The second-order valence-electron chi connectivity index (χ2n) is 4.84. The molecule has 0 aliphatic heterocycles. The molecule has 2 unspecified atom stereocenters. The average molecular weight is 235 g/mol. The molecule has 0 spiro atoms.